The highest BCUT2D eigenvalue weighted by Crippen LogP contribution is 2.18. The summed E-state index contributed by atoms with van der Waals surface area (Å²) in [5, 5.41) is 4.47. The van der Waals surface area contributed by atoms with E-state index in [-0.39, 0.29) is 5.56 Å². The van der Waals surface area contributed by atoms with Crippen LogP contribution < -0.4 is 5.56 Å². The van der Waals surface area contributed by atoms with Crippen LogP contribution in [0.2, 0.25) is 0 Å². The normalized spacial score (nSPS) is 10.9. The third-order valence-corrected chi connectivity index (χ3v) is 2.70. The van der Waals surface area contributed by atoms with Crippen LogP contribution in [0.5, 0.6) is 0 Å². The maximum Gasteiger partial charge on any atom is 0.251 e. The number of aromatic amines is 1. The fourth-order valence-electron chi connectivity index (χ4n) is 1.90. The Morgan fingerprint density at radius 3 is 2.71 bits per heavy atom. The van der Waals surface area contributed by atoms with Gasteiger partial charge in [0.1, 0.15) is 5.65 Å². The fourth-order valence-corrected chi connectivity index (χ4v) is 1.90. The number of nitrogens with zero attached hydrogens (tertiary/aromatic N) is 2. The molecule has 0 bridgehead atoms. The molecule has 3 aromatic rings. The molecule has 0 saturated carbocycles. The summed E-state index contributed by atoms with van der Waals surface area (Å²) in [5.74, 6) is 0. The van der Waals surface area contributed by atoms with E-state index in [1.165, 1.54) is 6.07 Å². The fraction of sp³-hybridized carbons (Fsp3) is 0.0769. The summed E-state index contributed by atoms with van der Waals surface area (Å²) in [4.78, 5) is 14.1. The molecule has 0 unspecified atom stereocenters. The molecule has 0 aliphatic carbocycles. The molecule has 1 aromatic carbocycles. The summed E-state index contributed by atoms with van der Waals surface area (Å²) in [5.41, 5.74) is 3.33. The number of hydrogen-bond donors (Lipinski definition) is 1. The lowest BCUT2D eigenvalue weighted by Crippen LogP contribution is -2.09. The molecule has 0 fully saturated rings. The lowest BCUT2D eigenvalue weighted by Gasteiger charge is -1.96. The summed E-state index contributed by atoms with van der Waals surface area (Å²) in [6, 6.07) is 13.3. The zero-order chi connectivity index (χ0) is 11.8. The van der Waals surface area contributed by atoms with E-state index >= 15 is 0 Å². The standard InChI is InChI=1S/C13H11N3O/c1-9-7-13(17)14-12-8-11(15-16(9)12)10-5-3-2-4-6-10/h2-8H,1H3,(H,14,17). The van der Waals surface area contributed by atoms with Crippen molar-refractivity contribution in [2.45, 2.75) is 6.92 Å². The van der Waals surface area contributed by atoms with Gasteiger partial charge in [0.05, 0.1) is 5.69 Å². The molecule has 4 nitrogen and oxygen atoms in total. The van der Waals surface area contributed by atoms with Crippen LogP contribution in [0.4, 0.5) is 0 Å². The molecule has 0 radical (unpaired) electrons. The minimum absolute atomic E-state index is 0.102. The van der Waals surface area contributed by atoms with E-state index in [0.717, 1.165) is 17.0 Å². The Bertz CT molecular complexity index is 725. The van der Waals surface area contributed by atoms with Crippen molar-refractivity contribution in [3.63, 3.8) is 0 Å². The SMILES string of the molecule is Cc1cc(=O)[nH]c2cc(-c3ccccc3)nn12. The summed E-state index contributed by atoms with van der Waals surface area (Å²) in [6.45, 7) is 1.87. The first-order valence-electron chi connectivity index (χ1n) is 5.39. The molecule has 0 amide bonds. The van der Waals surface area contributed by atoms with Crippen LogP contribution in [0.1, 0.15) is 5.69 Å². The van der Waals surface area contributed by atoms with Gasteiger partial charge in [-0.15, -0.1) is 0 Å². The lowest BCUT2D eigenvalue weighted by molar-refractivity contribution is 0.890. The zero-order valence-electron chi connectivity index (χ0n) is 9.34. The van der Waals surface area contributed by atoms with Crippen molar-refractivity contribution >= 4 is 5.65 Å². The van der Waals surface area contributed by atoms with Gasteiger partial charge in [0.15, 0.2) is 0 Å². The van der Waals surface area contributed by atoms with Crippen molar-refractivity contribution in [2.24, 2.45) is 0 Å². The van der Waals surface area contributed by atoms with Crippen LogP contribution in [0, 0.1) is 6.92 Å². The summed E-state index contributed by atoms with van der Waals surface area (Å²) >= 11 is 0. The maximum absolute atomic E-state index is 11.4. The van der Waals surface area contributed by atoms with Gasteiger partial charge in [0.25, 0.3) is 5.56 Å². The maximum atomic E-state index is 11.4. The first-order valence-corrected chi connectivity index (χ1v) is 5.39. The van der Waals surface area contributed by atoms with E-state index in [1.54, 1.807) is 4.52 Å². The van der Waals surface area contributed by atoms with Crippen LogP contribution in [0.25, 0.3) is 16.9 Å². The van der Waals surface area contributed by atoms with Crippen LogP contribution >= 0.6 is 0 Å². The van der Waals surface area contributed by atoms with Gasteiger partial charge in [-0.3, -0.25) is 4.79 Å². The topological polar surface area (TPSA) is 50.2 Å². The van der Waals surface area contributed by atoms with Gasteiger partial charge < -0.3 is 4.98 Å². The quantitative estimate of drug-likeness (QED) is 0.688. The second-order valence-corrected chi connectivity index (χ2v) is 3.97. The number of hydrogen-bond acceptors (Lipinski definition) is 2. The molecule has 2 aromatic heterocycles. The van der Waals surface area contributed by atoms with E-state index in [1.807, 2.05) is 43.3 Å². The Balaban J connectivity index is 2.27. The molecule has 84 valence electrons. The second-order valence-electron chi connectivity index (χ2n) is 3.97. The highest BCUT2D eigenvalue weighted by atomic mass is 16.1. The molecule has 3 rings (SSSR count). The first kappa shape index (κ1) is 9.84. The van der Waals surface area contributed by atoms with Crippen molar-refractivity contribution in [3.05, 3.63) is 58.5 Å². The van der Waals surface area contributed by atoms with Gasteiger partial charge in [-0.2, -0.15) is 5.10 Å². The van der Waals surface area contributed by atoms with Gasteiger partial charge in [-0.05, 0) is 6.92 Å². The number of aromatic nitrogens is 3. The summed E-state index contributed by atoms with van der Waals surface area (Å²) in [6.07, 6.45) is 0. The molecule has 0 spiro atoms. The van der Waals surface area contributed by atoms with Crippen molar-refractivity contribution in [2.75, 3.05) is 0 Å². The number of aryl methyl sites for hydroxylation is 1. The average Bonchev–Trinajstić information content (AvgIpc) is 2.74. The molecule has 1 N–H and O–H groups in total. The largest absolute Gasteiger partial charge is 0.307 e. The van der Waals surface area contributed by atoms with Gasteiger partial charge in [0.2, 0.25) is 0 Å². The Morgan fingerprint density at radius 2 is 1.94 bits per heavy atom. The molecule has 0 aliphatic rings. The van der Waals surface area contributed by atoms with Gasteiger partial charge in [0, 0.05) is 23.4 Å². The minimum Gasteiger partial charge on any atom is -0.307 e. The Labute approximate surface area is 97.5 Å². The Hall–Kier alpha value is -2.36. The summed E-state index contributed by atoms with van der Waals surface area (Å²) < 4.78 is 1.74. The highest BCUT2D eigenvalue weighted by molar-refractivity contribution is 5.63. The van der Waals surface area contributed by atoms with E-state index in [9.17, 15) is 4.79 Å². The summed E-state index contributed by atoms with van der Waals surface area (Å²) in [7, 11) is 0. The lowest BCUT2D eigenvalue weighted by atomic mass is 10.2. The van der Waals surface area contributed by atoms with Crippen LogP contribution in [0.15, 0.2) is 47.3 Å². The van der Waals surface area contributed by atoms with Crippen LogP contribution in [-0.2, 0) is 0 Å². The van der Waals surface area contributed by atoms with Gasteiger partial charge in [-0.25, -0.2) is 4.52 Å². The Kier molecular flexibility index (Phi) is 2.08. The zero-order valence-corrected chi connectivity index (χ0v) is 9.34. The predicted octanol–water partition coefficient (Wildman–Crippen LogP) is 2.00. The number of benzene rings is 1. The molecule has 2 heterocycles. The number of nitrogens with one attached hydrogen (secondary N) is 1. The second kappa shape index (κ2) is 3.59. The molecular weight excluding hydrogens is 214 g/mol. The van der Waals surface area contributed by atoms with E-state index in [2.05, 4.69) is 10.1 Å². The highest BCUT2D eigenvalue weighted by Gasteiger charge is 2.06. The number of fused-ring (bicyclic) bond motifs is 1. The van der Waals surface area contributed by atoms with Gasteiger partial charge >= 0.3 is 0 Å². The monoisotopic (exact) mass is 225 g/mol. The van der Waals surface area contributed by atoms with E-state index in [0.29, 0.717) is 5.65 Å². The molecule has 4 heteroatoms. The number of H-pyrrole nitrogens is 1. The third-order valence-electron chi connectivity index (χ3n) is 2.70. The molecule has 0 atom stereocenters. The van der Waals surface area contributed by atoms with Crippen molar-refractivity contribution < 1.29 is 0 Å². The van der Waals surface area contributed by atoms with Crippen LogP contribution in [0.3, 0.4) is 0 Å². The average molecular weight is 225 g/mol. The molecule has 0 aliphatic heterocycles. The van der Waals surface area contributed by atoms with E-state index in [4.69, 9.17) is 0 Å². The van der Waals surface area contributed by atoms with E-state index < -0.39 is 0 Å². The predicted molar refractivity (Wildman–Crippen MR) is 66.0 cm³/mol. The van der Waals surface area contributed by atoms with Crippen molar-refractivity contribution in [1.82, 2.24) is 14.6 Å². The van der Waals surface area contributed by atoms with Crippen molar-refractivity contribution in [3.8, 4) is 11.3 Å². The van der Waals surface area contributed by atoms with Crippen LogP contribution in [-0.4, -0.2) is 14.6 Å². The number of rotatable bonds is 1. The molecule has 17 heavy (non-hydrogen) atoms. The first-order chi connectivity index (χ1) is 8.24. The molecule has 0 saturated heterocycles. The Morgan fingerprint density at radius 1 is 1.18 bits per heavy atom. The smallest absolute Gasteiger partial charge is 0.251 e. The van der Waals surface area contributed by atoms with Crippen molar-refractivity contribution in [1.29, 1.82) is 0 Å². The minimum atomic E-state index is -0.102. The third kappa shape index (κ3) is 1.63. The van der Waals surface area contributed by atoms with Gasteiger partial charge in [-0.1, -0.05) is 30.3 Å². The molecular formula is C13H11N3O.